The lowest BCUT2D eigenvalue weighted by Crippen LogP contribution is -2.50. The fourth-order valence-electron chi connectivity index (χ4n) is 3.31. The monoisotopic (exact) mass is 345 g/mol. The van der Waals surface area contributed by atoms with Gasteiger partial charge in [-0.15, -0.1) is 0 Å². The van der Waals surface area contributed by atoms with Crippen LogP contribution in [0.5, 0.6) is 5.75 Å². The molecule has 25 heavy (non-hydrogen) atoms. The van der Waals surface area contributed by atoms with Crippen molar-refractivity contribution in [3.05, 3.63) is 29.8 Å². The summed E-state index contributed by atoms with van der Waals surface area (Å²) < 4.78 is 0. The number of rotatable bonds is 5. The quantitative estimate of drug-likeness (QED) is 0.860. The first-order valence-electron chi connectivity index (χ1n) is 9.10. The van der Waals surface area contributed by atoms with E-state index in [1.807, 2.05) is 15.9 Å². The van der Waals surface area contributed by atoms with Gasteiger partial charge in [-0.3, -0.25) is 4.79 Å². The summed E-state index contributed by atoms with van der Waals surface area (Å²) in [6.45, 7) is 4.26. The summed E-state index contributed by atoms with van der Waals surface area (Å²) in [5, 5.41) is 12.8. The third-order valence-electron chi connectivity index (χ3n) is 5.01. The minimum atomic E-state index is -0.0449. The van der Waals surface area contributed by atoms with Crippen LogP contribution in [0.1, 0.15) is 38.2 Å². The Kier molecular flexibility index (Phi) is 5.46. The standard InChI is InChI=1S/C19H27N3O3/c1-14(23)21-9-7-17(8-10-21)20-19(25)22(12-15-5-6-15)13-16-3-2-4-18(24)11-16/h2-4,11,15,17,24H,5-10,12-13H2,1H3,(H,20,25). The molecule has 0 spiro atoms. The highest BCUT2D eigenvalue weighted by Crippen LogP contribution is 2.30. The van der Waals surface area contributed by atoms with Crippen LogP contribution < -0.4 is 5.32 Å². The van der Waals surface area contributed by atoms with Crippen molar-refractivity contribution in [1.29, 1.82) is 0 Å². The first kappa shape index (κ1) is 17.6. The number of amides is 3. The molecule has 0 radical (unpaired) electrons. The molecule has 1 aliphatic carbocycles. The summed E-state index contributed by atoms with van der Waals surface area (Å²) in [5.74, 6) is 0.924. The molecule has 6 heteroatoms. The van der Waals surface area contributed by atoms with Crippen LogP contribution in [-0.4, -0.2) is 52.5 Å². The van der Waals surface area contributed by atoms with Gasteiger partial charge in [0.25, 0.3) is 0 Å². The maximum atomic E-state index is 12.8. The van der Waals surface area contributed by atoms with Crippen LogP contribution in [0.15, 0.2) is 24.3 Å². The zero-order chi connectivity index (χ0) is 17.8. The molecule has 1 aromatic rings. The summed E-state index contributed by atoms with van der Waals surface area (Å²) in [6, 6.07) is 7.15. The van der Waals surface area contributed by atoms with E-state index in [1.54, 1.807) is 25.1 Å². The van der Waals surface area contributed by atoms with Crippen LogP contribution in [-0.2, 0) is 11.3 Å². The Morgan fingerprint density at radius 1 is 1.24 bits per heavy atom. The molecule has 1 saturated heterocycles. The van der Waals surface area contributed by atoms with Crippen LogP contribution in [0.25, 0.3) is 0 Å². The third kappa shape index (κ3) is 5.11. The van der Waals surface area contributed by atoms with Gasteiger partial charge in [-0.1, -0.05) is 12.1 Å². The van der Waals surface area contributed by atoms with Gasteiger partial charge >= 0.3 is 6.03 Å². The fraction of sp³-hybridized carbons (Fsp3) is 0.579. The van der Waals surface area contributed by atoms with Gasteiger partial charge in [-0.2, -0.15) is 0 Å². The van der Waals surface area contributed by atoms with Crippen molar-refractivity contribution in [2.75, 3.05) is 19.6 Å². The van der Waals surface area contributed by atoms with Crippen LogP contribution in [0.3, 0.4) is 0 Å². The van der Waals surface area contributed by atoms with Crippen LogP contribution in [0.2, 0.25) is 0 Å². The number of carbonyl (C=O) groups is 2. The predicted octanol–water partition coefficient (Wildman–Crippen LogP) is 2.32. The van der Waals surface area contributed by atoms with Crippen LogP contribution in [0.4, 0.5) is 4.79 Å². The van der Waals surface area contributed by atoms with Crippen molar-refractivity contribution in [2.24, 2.45) is 5.92 Å². The van der Waals surface area contributed by atoms with E-state index in [0.717, 1.165) is 24.9 Å². The summed E-state index contributed by atoms with van der Waals surface area (Å²) in [4.78, 5) is 27.8. The smallest absolute Gasteiger partial charge is 0.317 e. The number of phenolic OH excluding ortho intramolecular Hbond substituents is 1. The summed E-state index contributed by atoms with van der Waals surface area (Å²) in [5.41, 5.74) is 0.933. The van der Waals surface area contributed by atoms with E-state index in [1.165, 1.54) is 12.8 Å². The number of urea groups is 1. The highest BCUT2D eigenvalue weighted by Gasteiger charge is 2.29. The molecule has 3 amide bonds. The number of phenols is 1. The van der Waals surface area contributed by atoms with E-state index in [2.05, 4.69) is 5.32 Å². The second-order valence-electron chi connectivity index (χ2n) is 7.22. The second-order valence-corrected chi connectivity index (χ2v) is 7.22. The first-order valence-corrected chi connectivity index (χ1v) is 9.10. The largest absolute Gasteiger partial charge is 0.508 e. The molecule has 0 atom stereocenters. The minimum absolute atomic E-state index is 0.0449. The van der Waals surface area contributed by atoms with Gasteiger partial charge < -0.3 is 20.2 Å². The Morgan fingerprint density at radius 2 is 1.96 bits per heavy atom. The number of likely N-dealkylation sites (tertiary alicyclic amines) is 1. The minimum Gasteiger partial charge on any atom is -0.508 e. The molecule has 1 aliphatic heterocycles. The number of benzene rings is 1. The van der Waals surface area contributed by atoms with Crippen molar-refractivity contribution in [1.82, 2.24) is 15.1 Å². The number of hydrogen-bond donors (Lipinski definition) is 2. The lowest BCUT2D eigenvalue weighted by Gasteiger charge is -2.33. The van der Waals surface area contributed by atoms with Gasteiger partial charge in [0.1, 0.15) is 5.75 Å². The topological polar surface area (TPSA) is 72.9 Å². The zero-order valence-electron chi connectivity index (χ0n) is 14.8. The van der Waals surface area contributed by atoms with Gasteiger partial charge in [-0.25, -0.2) is 4.79 Å². The van der Waals surface area contributed by atoms with Gasteiger partial charge in [0.2, 0.25) is 5.91 Å². The van der Waals surface area contributed by atoms with E-state index in [4.69, 9.17) is 0 Å². The Balaban J connectivity index is 1.57. The number of piperidine rings is 1. The molecular formula is C19H27N3O3. The highest BCUT2D eigenvalue weighted by atomic mass is 16.3. The van der Waals surface area contributed by atoms with Gasteiger partial charge in [0.05, 0.1) is 0 Å². The maximum absolute atomic E-state index is 12.8. The Morgan fingerprint density at radius 3 is 2.56 bits per heavy atom. The van der Waals surface area contributed by atoms with Crippen molar-refractivity contribution < 1.29 is 14.7 Å². The number of hydrogen-bond acceptors (Lipinski definition) is 3. The summed E-state index contributed by atoms with van der Waals surface area (Å²) >= 11 is 0. The number of nitrogens with one attached hydrogen (secondary N) is 1. The zero-order valence-corrected chi connectivity index (χ0v) is 14.8. The van der Waals surface area contributed by atoms with Gasteiger partial charge in [0, 0.05) is 39.1 Å². The molecule has 3 rings (SSSR count). The van der Waals surface area contributed by atoms with Crippen molar-refractivity contribution in [2.45, 2.75) is 45.2 Å². The SMILES string of the molecule is CC(=O)N1CCC(NC(=O)N(Cc2cccc(O)c2)CC2CC2)CC1. The number of carbonyl (C=O) groups excluding carboxylic acids is 2. The Labute approximate surface area is 148 Å². The van der Waals surface area contributed by atoms with E-state index in [0.29, 0.717) is 25.6 Å². The summed E-state index contributed by atoms with van der Waals surface area (Å²) in [6.07, 6.45) is 3.96. The maximum Gasteiger partial charge on any atom is 0.317 e. The molecule has 1 heterocycles. The fourth-order valence-corrected chi connectivity index (χ4v) is 3.31. The molecule has 136 valence electrons. The lowest BCUT2D eigenvalue weighted by atomic mass is 10.1. The summed E-state index contributed by atoms with van der Waals surface area (Å²) in [7, 11) is 0. The van der Waals surface area contributed by atoms with Crippen molar-refractivity contribution in [3.63, 3.8) is 0 Å². The molecule has 0 unspecified atom stereocenters. The average molecular weight is 345 g/mol. The predicted molar refractivity (Wildman–Crippen MR) is 95.0 cm³/mol. The van der Waals surface area contributed by atoms with E-state index < -0.39 is 0 Å². The van der Waals surface area contributed by atoms with E-state index in [-0.39, 0.29) is 23.7 Å². The molecule has 0 bridgehead atoms. The van der Waals surface area contributed by atoms with E-state index in [9.17, 15) is 14.7 Å². The van der Waals surface area contributed by atoms with Crippen molar-refractivity contribution in [3.8, 4) is 5.75 Å². The molecule has 0 aromatic heterocycles. The van der Waals surface area contributed by atoms with E-state index >= 15 is 0 Å². The normalized spacial score (nSPS) is 18.0. The molecule has 1 saturated carbocycles. The molecule has 2 aliphatic rings. The second kappa shape index (κ2) is 7.76. The van der Waals surface area contributed by atoms with Gasteiger partial charge in [-0.05, 0) is 49.3 Å². The Bertz CT molecular complexity index is 622. The third-order valence-corrected chi connectivity index (χ3v) is 5.01. The Hall–Kier alpha value is -2.24. The molecule has 2 N–H and O–H groups in total. The lowest BCUT2D eigenvalue weighted by molar-refractivity contribution is -0.129. The van der Waals surface area contributed by atoms with Crippen molar-refractivity contribution >= 4 is 11.9 Å². The number of nitrogens with zero attached hydrogens (tertiary/aromatic N) is 2. The molecular weight excluding hydrogens is 318 g/mol. The molecule has 1 aromatic carbocycles. The average Bonchev–Trinajstić information content (AvgIpc) is 3.39. The first-order chi connectivity index (χ1) is 12.0. The van der Waals surface area contributed by atoms with Crippen LogP contribution in [0, 0.1) is 5.92 Å². The molecule has 2 fully saturated rings. The van der Waals surface area contributed by atoms with Gasteiger partial charge in [0.15, 0.2) is 0 Å². The van der Waals surface area contributed by atoms with Crippen LogP contribution >= 0.6 is 0 Å². The highest BCUT2D eigenvalue weighted by molar-refractivity contribution is 5.75. The molecule has 6 nitrogen and oxygen atoms in total. The number of aromatic hydroxyl groups is 1.